The molecule has 1 aromatic rings. The number of fused-ring (bicyclic) bond motifs is 1. The van der Waals surface area contributed by atoms with Crippen LogP contribution in [0.5, 0.6) is 5.88 Å². The number of carbonyl (C=O) groups is 1. The van der Waals surface area contributed by atoms with Crippen LogP contribution in [0.1, 0.15) is 48.3 Å². The maximum absolute atomic E-state index is 11.4. The molecule has 2 rings (SSSR count). The van der Waals surface area contributed by atoms with E-state index in [2.05, 4.69) is 23.7 Å². The van der Waals surface area contributed by atoms with E-state index in [1.54, 1.807) is 6.07 Å². The van der Waals surface area contributed by atoms with Crippen LogP contribution in [0.2, 0.25) is 0 Å². The van der Waals surface area contributed by atoms with E-state index in [1.807, 2.05) is 0 Å². The lowest BCUT2D eigenvalue weighted by Crippen LogP contribution is -2.28. The number of aromatic carboxylic acids is 1. The third-order valence-corrected chi connectivity index (χ3v) is 4.04. The molecular formula is C16H24N2O3. The predicted octanol–water partition coefficient (Wildman–Crippen LogP) is 2.38. The van der Waals surface area contributed by atoms with Gasteiger partial charge in [-0.15, -0.1) is 0 Å². The summed E-state index contributed by atoms with van der Waals surface area (Å²) in [7, 11) is 0. The fourth-order valence-corrected chi connectivity index (χ4v) is 2.69. The van der Waals surface area contributed by atoms with Gasteiger partial charge in [0.1, 0.15) is 12.2 Å². The van der Waals surface area contributed by atoms with Gasteiger partial charge in [-0.05, 0) is 50.4 Å². The Morgan fingerprint density at radius 3 is 2.71 bits per heavy atom. The van der Waals surface area contributed by atoms with Gasteiger partial charge < -0.3 is 14.7 Å². The summed E-state index contributed by atoms with van der Waals surface area (Å²) in [5.41, 5.74) is 2.26. The van der Waals surface area contributed by atoms with E-state index in [4.69, 9.17) is 4.74 Å². The number of aryl methyl sites for hydroxylation is 2. The van der Waals surface area contributed by atoms with Gasteiger partial charge in [0.2, 0.25) is 5.88 Å². The maximum Gasteiger partial charge on any atom is 0.341 e. The highest BCUT2D eigenvalue weighted by atomic mass is 16.5. The van der Waals surface area contributed by atoms with E-state index >= 15 is 0 Å². The number of carboxylic acids is 1. The molecule has 1 heterocycles. The van der Waals surface area contributed by atoms with Crippen LogP contribution in [0, 0.1) is 0 Å². The molecule has 116 valence electrons. The van der Waals surface area contributed by atoms with Crippen molar-refractivity contribution < 1.29 is 14.6 Å². The van der Waals surface area contributed by atoms with E-state index in [-0.39, 0.29) is 11.4 Å². The molecule has 0 saturated carbocycles. The van der Waals surface area contributed by atoms with Crippen LogP contribution < -0.4 is 4.74 Å². The molecule has 0 atom stereocenters. The summed E-state index contributed by atoms with van der Waals surface area (Å²) in [4.78, 5) is 18.1. The summed E-state index contributed by atoms with van der Waals surface area (Å²) in [6.45, 7) is 7.37. The monoisotopic (exact) mass is 292 g/mol. The third kappa shape index (κ3) is 3.94. The molecule has 0 fully saturated rings. The first-order valence-corrected chi connectivity index (χ1v) is 7.77. The number of ether oxygens (including phenoxy) is 1. The standard InChI is InChI=1S/C16H24N2O3/c1-3-18(4-2)9-10-21-15-13(16(19)20)11-12-7-5-6-8-14(12)17-15/h11H,3-10H2,1-2H3,(H,19,20). The fourth-order valence-electron chi connectivity index (χ4n) is 2.69. The van der Waals surface area contributed by atoms with Gasteiger partial charge in [0.05, 0.1) is 0 Å². The van der Waals surface area contributed by atoms with Crippen molar-refractivity contribution in [3.05, 3.63) is 22.9 Å². The first kappa shape index (κ1) is 15.8. The summed E-state index contributed by atoms with van der Waals surface area (Å²) >= 11 is 0. The molecule has 1 N–H and O–H groups in total. The molecule has 0 aliphatic heterocycles. The molecule has 5 nitrogen and oxygen atoms in total. The molecule has 1 aliphatic carbocycles. The van der Waals surface area contributed by atoms with Crippen molar-refractivity contribution in [2.45, 2.75) is 39.5 Å². The Morgan fingerprint density at radius 2 is 2.05 bits per heavy atom. The van der Waals surface area contributed by atoms with E-state index in [1.165, 1.54) is 0 Å². The van der Waals surface area contributed by atoms with Crippen molar-refractivity contribution >= 4 is 5.97 Å². The molecule has 0 amide bonds. The quantitative estimate of drug-likeness (QED) is 0.836. The minimum atomic E-state index is -0.964. The second-order valence-electron chi connectivity index (χ2n) is 5.33. The van der Waals surface area contributed by atoms with Crippen LogP contribution >= 0.6 is 0 Å². The van der Waals surface area contributed by atoms with E-state index in [0.29, 0.717) is 6.61 Å². The number of nitrogens with zero attached hydrogens (tertiary/aromatic N) is 2. The zero-order valence-corrected chi connectivity index (χ0v) is 12.9. The molecule has 1 aromatic heterocycles. The average molecular weight is 292 g/mol. The number of rotatable bonds is 7. The summed E-state index contributed by atoms with van der Waals surface area (Å²) in [5.74, 6) is -0.691. The van der Waals surface area contributed by atoms with Crippen molar-refractivity contribution in [1.29, 1.82) is 0 Å². The van der Waals surface area contributed by atoms with Crippen molar-refractivity contribution in [2.75, 3.05) is 26.2 Å². The zero-order valence-electron chi connectivity index (χ0n) is 12.9. The minimum Gasteiger partial charge on any atom is -0.477 e. The Morgan fingerprint density at radius 1 is 1.33 bits per heavy atom. The number of pyridine rings is 1. The third-order valence-electron chi connectivity index (χ3n) is 4.04. The lowest BCUT2D eigenvalue weighted by Gasteiger charge is -2.20. The lowest BCUT2D eigenvalue weighted by atomic mass is 9.95. The maximum atomic E-state index is 11.4. The van der Waals surface area contributed by atoms with Crippen LogP contribution in [0.15, 0.2) is 6.07 Å². The number of likely N-dealkylation sites (N-methyl/N-ethyl adjacent to an activating group) is 1. The van der Waals surface area contributed by atoms with Crippen LogP contribution in [-0.2, 0) is 12.8 Å². The first-order valence-electron chi connectivity index (χ1n) is 7.77. The predicted molar refractivity (Wildman–Crippen MR) is 81.1 cm³/mol. The van der Waals surface area contributed by atoms with Gasteiger partial charge in [0.25, 0.3) is 0 Å². The summed E-state index contributed by atoms with van der Waals surface area (Å²) in [6, 6.07) is 1.75. The Kier molecular flexibility index (Phi) is 5.56. The number of hydrogen-bond acceptors (Lipinski definition) is 4. The van der Waals surface area contributed by atoms with Crippen LogP contribution in [0.4, 0.5) is 0 Å². The minimum absolute atomic E-state index is 0.190. The molecule has 0 radical (unpaired) electrons. The Bertz CT molecular complexity index is 499. The van der Waals surface area contributed by atoms with Crippen LogP contribution in [0.3, 0.4) is 0 Å². The van der Waals surface area contributed by atoms with E-state index in [9.17, 15) is 9.90 Å². The number of aromatic nitrogens is 1. The highest BCUT2D eigenvalue weighted by Gasteiger charge is 2.20. The van der Waals surface area contributed by atoms with Gasteiger partial charge >= 0.3 is 5.97 Å². The molecule has 0 spiro atoms. The van der Waals surface area contributed by atoms with Crippen LogP contribution in [0.25, 0.3) is 0 Å². The van der Waals surface area contributed by atoms with Gasteiger partial charge in [-0.25, -0.2) is 9.78 Å². The number of carboxylic acid groups (broad SMARTS) is 1. The Balaban J connectivity index is 2.11. The lowest BCUT2D eigenvalue weighted by molar-refractivity contribution is 0.0690. The van der Waals surface area contributed by atoms with E-state index < -0.39 is 5.97 Å². The normalized spacial score (nSPS) is 14.0. The highest BCUT2D eigenvalue weighted by Crippen LogP contribution is 2.26. The largest absolute Gasteiger partial charge is 0.477 e. The summed E-state index contributed by atoms with van der Waals surface area (Å²) in [5, 5.41) is 9.34. The molecule has 21 heavy (non-hydrogen) atoms. The summed E-state index contributed by atoms with van der Waals surface area (Å²) < 4.78 is 5.67. The SMILES string of the molecule is CCN(CC)CCOc1nc2c(cc1C(=O)O)CCCC2. The van der Waals surface area contributed by atoms with Gasteiger partial charge in [0.15, 0.2) is 0 Å². The topological polar surface area (TPSA) is 62.7 Å². The second-order valence-corrected chi connectivity index (χ2v) is 5.33. The second kappa shape index (κ2) is 7.41. The molecule has 0 aromatic carbocycles. The number of hydrogen-bond donors (Lipinski definition) is 1. The molecule has 0 saturated heterocycles. The zero-order chi connectivity index (χ0) is 15.2. The van der Waals surface area contributed by atoms with Gasteiger partial charge in [0, 0.05) is 12.2 Å². The first-order chi connectivity index (χ1) is 10.2. The van der Waals surface area contributed by atoms with Crippen molar-refractivity contribution in [2.24, 2.45) is 0 Å². The van der Waals surface area contributed by atoms with Gasteiger partial charge in [-0.1, -0.05) is 13.8 Å². The average Bonchev–Trinajstić information content (AvgIpc) is 2.50. The Hall–Kier alpha value is -1.62. The van der Waals surface area contributed by atoms with Gasteiger partial charge in [-0.3, -0.25) is 0 Å². The van der Waals surface area contributed by atoms with Gasteiger partial charge in [-0.2, -0.15) is 0 Å². The van der Waals surface area contributed by atoms with Crippen molar-refractivity contribution in [3.8, 4) is 5.88 Å². The van der Waals surface area contributed by atoms with E-state index in [0.717, 1.165) is 56.6 Å². The molecular weight excluding hydrogens is 268 g/mol. The molecule has 1 aliphatic rings. The van der Waals surface area contributed by atoms with Crippen molar-refractivity contribution in [1.82, 2.24) is 9.88 Å². The fraction of sp³-hybridized carbons (Fsp3) is 0.625. The summed E-state index contributed by atoms with van der Waals surface area (Å²) in [6.07, 6.45) is 4.06. The molecule has 0 bridgehead atoms. The van der Waals surface area contributed by atoms with Crippen molar-refractivity contribution in [3.63, 3.8) is 0 Å². The Labute approximate surface area is 125 Å². The van der Waals surface area contributed by atoms with Crippen LogP contribution in [-0.4, -0.2) is 47.2 Å². The smallest absolute Gasteiger partial charge is 0.341 e. The highest BCUT2D eigenvalue weighted by molar-refractivity contribution is 5.90. The molecule has 0 unspecified atom stereocenters. The molecule has 5 heteroatoms.